The second kappa shape index (κ2) is 10.9. The molecule has 3 aromatic rings. The van der Waals surface area contributed by atoms with Crippen LogP contribution in [0, 0.1) is 0 Å². The van der Waals surface area contributed by atoms with Crippen LogP contribution in [-0.4, -0.2) is 33.7 Å². The minimum atomic E-state index is -3.35. The first-order valence-corrected chi connectivity index (χ1v) is 12.4. The van der Waals surface area contributed by atoms with Crippen LogP contribution in [0.2, 0.25) is 0 Å². The highest BCUT2D eigenvalue weighted by Gasteiger charge is 2.19. The maximum atomic E-state index is 12.7. The SMILES string of the molecule is CC[C@H](Oc1ccc(N(C)S(C)(=O)=O)cc1)C(=O)Nc1ccc(OCc2ccccc2)cc1. The molecule has 0 bridgehead atoms. The van der Waals surface area contributed by atoms with Crippen molar-refractivity contribution in [1.82, 2.24) is 0 Å². The van der Waals surface area contributed by atoms with Gasteiger partial charge in [-0.25, -0.2) is 8.42 Å². The number of ether oxygens (including phenoxy) is 2. The van der Waals surface area contributed by atoms with E-state index in [1.54, 1.807) is 48.5 Å². The van der Waals surface area contributed by atoms with Crippen molar-refractivity contribution in [3.8, 4) is 11.5 Å². The Hall–Kier alpha value is -3.52. The number of carbonyl (C=O) groups excluding carboxylic acids is 1. The first-order valence-electron chi connectivity index (χ1n) is 10.5. The molecule has 1 N–H and O–H groups in total. The molecule has 0 spiro atoms. The van der Waals surface area contributed by atoms with Crippen molar-refractivity contribution in [2.24, 2.45) is 0 Å². The Labute approximate surface area is 195 Å². The second-order valence-corrected chi connectivity index (χ2v) is 9.54. The van der Waals surface area contributed by atoms with Crippen LogP contribution in [0.1, 0.15) is 18.9 Å². The van der Waals surface area contributed by atoms with Crippen LogP contribution >= 0.6 is 0 Å². The van der Waals surface area contributed by atoms with Gasteiger partial charge in [0.25, 0.3) is 5.91 Å². The molecule has 0 fully saturated rings. The summed E-state index contributed by atoms with van der Waals surface area (Å²) in [4.78, 5) is 12.7. The Balaban J connectivity index is 1.56. The minimum absolute atomic E-state index is 0.271. The van der Waals surface area contributed by atoms with Crippen molar-refractivity contribution in [3.05, 3.63) is 84.4 Å². The third kappa shape index (κ3) is 6.98. The highest BCUT2D eigenvalue weighted by atomic mass is 32.2. The molecule has 0 aromatic heterocycles. The van der Waals surface area contributed by atoms with Crippen molar-refractivity contribution in [2.45, 2.75) is 26.1 Å². The van der Waals surface area contributed by atoms with Crippen molar-refractivity contribution < 1.29 is 22.7 Å². The van der Waals surface area contributed by atoms with E-state index in [1.807, 2.05) is 37.3 Å². The Kier molecular flexibility index (Phi) is 7.95. The van der Waals surface area contributed by atoms with E-state index in [-0.39, 0.29) is 5.91 Å². The molecule has 0 aliphatic heterocycles. The molecule has 0 radical (unpaired) electrons. The van der Waals surface area contributed by atoms with Gasteiger partial charge in [0.2, 0.25) is 10.0 Å². The number of rotatable bonds is 10. The molecule has 7 nitrogen and oxygen atoms in total. The highest BCUT2D eigenvalue weighted by molar-refractivity contribution is 7.92. The summed E-state index contributed by atoms with van der Waals surface area (Å²) < 4.78 is 36.1. The van der Waals surface area contributed by atoms with Crippen molar-refractivity contribution in [1.29, 1.82) is 0 Å². The molecule has 0 saturated heterocycles. The van der Waals surface area contributed by atoms with Gasteiger partial charge in [0, 0.05) is 12.7 Å². The topological polar surface area (TPSA) is 84.9 Å². The Morgan fingerprint density at radius 2 is 1.55 bits per heavy atom. The van der Waals surface area contributed by atoms with Crippen molar-refractivity contribution in [3.63, 3.8) is 0 Å². The number of hydrogen-bond donors (Lipinski definition) is 1. The van der Waals surface area contributed by atoms with Crippen LogP contribution in [0.3, 0.4) is 0 Å². The van der Waals surface area contributed by atoms with E-state index in [2.05, 4.69) is 5.32 Å². The van der Waals surface area contributed by atoms with Gasteiger partial charge >= 0.3 is 0 Å². The second-order valence-electron chi connectivity index (χ2n) is 7.53. The zero-order chi connectivity index (χ0) is 23.8. The highest BCUT2D eigenvalue weighted by Crippen LogP contribution is 2.22. The number of benzene rings is 3. The number of hydrogen-bond acceptors (Lipinski definition) is 5. The molecule has 0 saturated carbocycles. The maximum Gasteiger partial charge on any atom is 0.265 e. The molecule has 174 valence electrons. The lowest BCUT2D eigenvalue weighted by atomic mass is 10.2. The fourth-order valence-electron chi connectivity index (χ4n) is 3.01. The lowest BCUT2D eigenvalue weighted by Gasteiger charge is -2.19. The lowest BCUT2D eigenvalue weighted by molar-refractivity contribution is -0.122. The van der Waals surface area contributed by atoms with Gasteiger partial charge in [0.05, 0.1) is 11.9 Å². The van der Waals surface area contributed by atoms with Gasteiger partial charge in [-0.1, -0.05) is 37.3 Å². The minimum Gasteiger partial charge on any atom is -0.489 e. The zero-order valence-corrected chi connectivity index (χ0v) is 19.7. The van der Waals surface area contributed by atoms with Crippen molar-refractivity contribution in [2.75, 3.05) is 22.9 Å². The van der Waals surface area contributed by atoms with Crippen LogP contribution in [-0.2, 0) is 21.4 Å². The number of carbonyl (C=O) groups is 1. The normalized spacial score (nSPS) is 12.0. The summed E-state index contributed by atoms with van der Waals surface area (Å²) in [6, 6.07) is 23.6. The average molecular weight is 469 g/mol. The average Bonchev–Trinajstić information content (AvgIpc) is 2.82. The Morgan fingerprint density at radius 1 is 0.939 bits per heavy atom. The van der Waals surface area contributed by atoms with Crippen LogP contribution in [0.5, 0.6) is 11.5 Å². The predicted molar refractivity (Wildman–Crippen MR) is 130 cm³/mol. The van der Waals surface area contributed by atoms with Gasteiger partial charge in [-0.2, -0.15) is 0 Å². The first-order chi connectivity index (χ1) is 15.8. The van der Waals surface area contributed by atoms with E-state index < -0.39 is 16.1 Å². The molecular weight excluding hydrogens is 440 g/mol. The summed E-state index contributed by atoms with van der Waals surface area (Å²) in [7, 11) is -1.87. The third-order valence-electron chi connectivity index (χ3n) is 5.01. The fourth-order valence-corrected chi connectivity index (χ4v) is 3.52. The van der Waals surface area contributed by atoms with E-state index >= 15 is 0 Å². The molecule has 0 heterocycles. The lowest BCUT2D eigenvalue weighted by Crippen LogP contribution is -2.32. The standard InChI is InChI=1S/C25H28N2O5S/c1-4-24(32-23-16-12-21(13-17-23)27(2)33(3,29)30)25(28)26-20-10-14-22(15-11-20)31-18-19-8-6-5-7-9-19/h5-17,24H,4,18H2,1-3H3,(H,26,28)/t24-/m0/s1. The summed E-state index contributed by atoms with van der Waals surface area (Å²) in [5, 5.41) is 2.86. The molecular formula is C25H28N2O5S. The molecule has 3 aromatic carbocycles. The van der Waals surface area contributed by atoms with E-state index in [4.69, 9.17) is 9.47 Å². The van der Waals surface area contributed by atoms with Crippen molar-refractivity contribution >= 4 is 27.3 Å². The van der Waals surface area contributed by atoms with Gasteiger partial charge in [0.15, 0.2) is 6.10 Å². The van der Waals surface area contributed by atoms with Crippen LogP contribution in [0.4, 0.5) is 11.4 Å². The Morgan fingerprint density at radius 3 is 2.12 bits per heavy atom. The molecule has 0 unspecified atom stereocenters. The molecule has 3 rings (SSSR count). The van der Waals surface area contributed by atoms with E-state index in [0.29, 0.717) is 35.9 Å². The molecule has 8 heteroatoms. The zero-order valence-electron chi connectivity index (χ0n) is 18.9. The van der Waals surface area contributed by atoms with Gasteiger partial charge in [-0.05, 0) is 60.5 Å². The van der Waals surface area contributed by atoms with Crippen LogP contribution < -0.4 is 19.1 Å². The molecule has 1 atom stereocenters. The fraction of sp³-hybridized carbons (Fsp3) is 0.240. The van der Waals surface area contributed by atoms with E-state index in [0.717, 1.165) is 11.8 Å². The predicted octanol–water partition coefficient (Wildman–Crippen LogP) is 4.46. The number of sulfonamides is 1. The summed E-state index contributed by atoms with van der Waals surface area (Å²) in [5.41, 5.74) is 2.23. The summed E-state index contributed by atoms with van der Waals surface area (Å²) in [6.07, 6.45) is 0.906. The maximum absolute atomic E-state index is 12.7. The van der Waals surface area contributed by atoms with Gasteiger partial charge in [-0.3, -0.25) is 9.10 Å². The van der Waals surface area contributed by atoms with Crippen LogP contribution in [0.25, 0.3) is 0 Å². The molecule has 33 heavy (non-hydrogen) atoms. The third-order valence-corrected chi connectivity index (χ3v) is 6.22. The first kappa shape index (κ1) is 24.1. The Bertz CT molecular complexity index is 1150. The monoisotopic (exact) mass is 468 g/mol. The van der Waals surface area contributed by atoms with Crippen LogP contribution in [0.15, 0.2) is 78.9 Å². The van der Waals surface area contributed by atoms with Gasteiger partial charge < -0.3 is 14.8 Å². The summed E-state index contributed by atoms with van der Waals surface area (Å²) in [6.45, 7) is 2.33. The summed E-state index contributed by atoms with van der Waals surface area (Å²) >= 11 is 0. The van der Waals surface area contributed by atoms with Gasteiger partial charge in [-0.15, -0.1) is 0 Å². The number of amides is 1. The summed E-state index contributed by atoms with van der Waals surface area (Å²) in [5.74, 6) is 0.916. The number of nitrogens with zero attached hydrogens (tertiary/aromatic N) is 1. The molecule has 0 aliphatic rings. The number of nitrogens with one attached hydrogen (secondary N) is 1. The van der Waals surface area contributed by atoms with E-state index in [1.165, 1.54) is 11.4 Å². The molecule has 1 amide bonds. The van der Waals surface area contributed by atoms with E-state index in [9.17, 15) is 13.2 Å². The number of anilines is 2. The quantitative estimate of drug-likeness (QED) is 0.475. The van der Waals surface area contributed by atoms with Gasteiger partial charge in [0.1, 0.15) is 18.1 Å². The largest absolute Gasteiger partial charge is 0.489 e. The smallest absolute Gasteiger partial charge is 0.265 e. The molecule has 0 aliphatic carbocycles.